The van der Waals surface area contributed by atoms with E-state index in [1.54, 1.807) is 13.2 Å². The van der Waals surface area contributed by atoms with Gasteiger partial charge in [0, 0.05) is 22.8 Å². The number of anilines is 2. The van der Waals surface area contributed by atoms with Gasteiger partial charge in [-0.2, -0.15) is 0 Å². The zero-order chi connectivity index (χ0) is 21.5. The van der Waals surface area contributed by atoms with Crippen LogP contribution >= 0.6 is 11.3 Å². The standard InChI is InChI=1S/C25H23N3O2S/c1-14-9-11-15(12-10-14)20-18-7-4-8-19(18)28-25-21(20)22(26)23(31-25)24(29)27-16-5-3-6-17(13-16)30-2/h3,5-6,9-13H,4,7-8,26H2,1-2H3,(H,27,29). The van der Waals surface area contributed by atoms with Gasteiger partial charge >= 0.3 is 0 Å². The summed E-state index contributed by atoms with van der Waals surface area (Å²) in [7, 11) is 1.60. The lowest BCUT2D eigenvalue weighted by molar-refractivity contribution is 0.103. The molecule has 0 radical (unpaired) electrons. The van der Waals surface area contributed by atoms with Crippen LogP contribution < -0.4 is 15.8 Å². The molecular formula is C25H23N3O2S. The summed E-state index contributed by atoms with van der Waals surface area (Å²) in [6.45, 7) is 2.08. The Morgan fingerprint density at radius 3 is 2.74 bits per heavy atom. The Bertz CT molecular complexity index is 1310. The fourth-order valence-electron chi connectivity index (χ4n) is 4.24. The van der Waals surface area contributed by atoms with Crippen LogP contribution in [0.4, 0.5) is 11.4 Å². The number of methoxy groups -OCH3 is 1. The Kier molecular flexibility index (Phi) is 4.87. The minimum atomic E-state index is -0.233. The molecule has 2 heterocycles. The number of amides is 1. The number of nitrogens with two attached hydrogens (primary N) is 1. The molecule has 0 atom stereocenters. The van der Waals surface area contributed by atoms with E-state index < -0.39 is 0 Å². The van der Waals surface area contributed by atoms with Gasteiger partial charge in [0.1, 0.15) is 15.5 Å². The third kappa shape index (κ3) is 3.43. The second-order valence-electron chi connectivity index (χ2n) is 7.84. The number of nitrogens with one attached hydrogen (secondary N) is 1. The highest BCUT2D eigenvalue weighted by atomic mass is 32.1. The van der Waals surface area contributed by atoms with Gasteiger partial charge < -0.3 is 15.8 Å². The van der Waals surface area contributed by atoms with Gasteiger partial charge in [-0.05, 0) is 55.0 Å². The average molecular weight is 430 g/mol. The van der Waals surface area contributed by atoms with Gasteiger partial charge in [-0.25, -0.2) is 4.98 Å². The molecule has 4 aromatic rings. The van der Waals surface area contributed by atoms with Crippen LogP contribution in [-0.4, -0.2) is 18.0 Å². The second-order valence-corrected chi connectivity index (χ2v) is 8.84. The summed E-state index contributed by atoms with van der Waals surface area (Å²) in [4.78, 5) is 19.3. The molecule has 5 nitrogen and oxygen atoms in total. The number of aromatic nitrogens is 1. The van der Waals surface area contributed by atoms with E-state index in [9.17, 15) is 4.79 Å². The summed E-state index contributed by atoms with van der Waals surface area (Å²) >= 11 is 1.36. The molecule has 5 rings (SSSR count). The molecule has 0 unspecified atom stereocenters. The minimum absolute atomic E-state index is 0.233. The van der Waals surface area contributed by atoms with Gasteiger partial charge in [0.25, 0.3) is 5.91 Å². The molecule has 1 aliphatic rings. The van der Waals surface area contributed by atoms with E-state index in [4.69, 9.17) is 15.5 Å². The molecule has 0 saturated carbocycles. The molecule has 3 N–H and O–H groups in total. The quantitative estimate of drug-likeness (QED) is 0.442. The zero-order valence-electron chi connectivity index (χ0n) is 17.5. The van der Waals surface area contributed by atoms with Crippen molar-refractivity contribution in [2.75, 3.05) is 18.2 Å². The van der Waals surface area contributed by atoms with Crippen molar-refractivity contribution in [3.8, 4) is 16.9 Å². The Hall–Kier alpha value is -3.38. The van der Waals surface area contributed by atoms with E-state index in [2.05, 4.69) is 36.5 Å². The van der Waals surface area contributed by atoms with E-state index in [1.165, 1.54) is 22.5 Å². The van der Waals surface area contributed by atoms with Crippen LogP contribution in [0.5, 0.6) is 5.75 Å². The maximum atomic E-state index is 13.1. The third-order valence-electron chi connectivity index (χ3n) is 5.78. The van der Waals surface area contributed by atoms with Crippen molar-refractivity contribution in [3.05, 3.63) is 70.2 Å². The number of thiophene rings is 1. The lowest BCUT2D eigenvalue weighted by Gasteiger charge is -2.12. The number of hydrogen-bond acceptors (Lipinski definition) is 5. The number of fused-ring (bicyclic) bond motifs is 2. The number of carbonyl (C=O) groups is 1. The van der Waals surface area contributed by atoms with Crippen molar-refractivity contribution in [2.45, 2.75) is 26.2 Å². The van der Waals surface area contributed by atoms with Crippen LogP contribution in [0.25, 0.3) is 21.3 Å². The summed E-state index contributed by atoms with van der Waals surface area (Å²) in [5.41, 5.74) is 13.6. The highest BCUT2D eigenvalue weighted by Crippen LogP contribution is 2.44. The molecule has 0 fully saturated rings. The average Bonchev–Trinajstić information content (AvgIpc) is 3.37. The summed E-state index contributed by atoms with van der Waals surface area (Å²) in [6, 6.07) is 15.8. The minimum Gasteiger partial charge on any atom is -0.497 e. The van der Waals surface area contributed by atoms with Crippen molar-refractivity contribution in [1.82, 2.24) is 4.98 Å². The summed E-state index contributed by atoms with van der Waals surface area (Å²) in [6.07, 6.45) is 3.05. The van der Waals surface area contributed by atoms with Crippen molar-refractivity contribution in [3.63, 3.8) is 0 Å². The molecule has 0 spiro atoms. The molecule has 6 heteroatoms. The summed E-state index contributed by atoms with van der Waals surface area (Å²) in [5.74, 6) is 0.450. The number of nitrogens with zero attached hydrogens (tertiary/aromatic N) is 1. The first-order chi connectivity index (χ1) is 15.0. The summed E-state index contributed by atoms with van der Waals surface area (Å²) in [5, 5.41) is 3.84. The highest BCUT2D eigenvalue weighted by molar-refractivity contribution is 7.21. The van der Waals surface area contributed by atoms with E-state index in [1.807, 2.05) is 18.2 Å². The van der Waals surface area contributed by atoms with Crippen molar-refractivity contribution in [2.24, 2.45) is 0 Å². The number of pyridine rings is 1. The van der Waals surface area contributed by atoms with Gasteiger partial charge in [0.2, 0.25) is 0 Å². The zero-order valence-corrected chi connectivity index (χ0v) is 18.3. The highest BCUT2D eigenvalue weighted by Gasteiger charge is 2.26. The van der Waals surface area contributed by atoms with Crippen molar-refractivity contribution >= 4 is 38.8 Å². The first-order valence-corrected chi connectivity index (χ1v) is 11.1. The largest absolute Gasteiger partial charge is 0.497 e. The SMILES string of the molecule is COc1cccc(NC(=O)c2sc3nc4c(c(-c5ccc(C)cc5)c3c2N)CCC4)c1. The Morgan fingerprint density at radius 1 is 1.16 bits per heavy atom. The van der Waals surface area contributed by atoms with Crippen LogP contribution in [0, 0.1) is 6.92 Å². The molecule has 31 heavy (non-hydrogen) atoms. The van der Waals surface area contributed by atoms with Gasteiger partial charge in [0.15, 0.2) is 0 Å². The monoisotopic (exact) mass is 429 g/mol. The van der Waals surface area contributed by atoms with Crippen LogP contribution in [-0.2, 0) is 12.8 Å². The van der Waals surface area contributed by atoms with Crippen molar-refractivity contribution in [1.29, 1.82) is 0 Å². The van der Waals surface area contributed by atoms with E-state index in [0.29, 0.717) is 22.0 Å². The Morgan fingerprint density at radius 2 is 1.97 bits per heavy atom. The fraction of sp³-hybridized carbons (Fsp3) is 0.200. The molecule has 2 aromatic heterocycles. The lowest BCUT2D eigenvalue weighted by atomic mass is 9.95. The predicted molar refractivity (Wildman–Crippen MR) is 127 cm³/mol. The number of benzene rings is 2. The van der Waals surface area contributed by atoms with Crippen molar-refractivity contribution < 1.29 is 9.53 Å². The molecule has 156 valence electrons. The van der Waals surface area contributed by atoms with Gasteiger partial charge in [-0.3, -0.25) is 4.79 Å². The Labute approximate surface area is 184 Å². The smallest absolute Gasteiger partial charge is 0.267 e. The second kappa shape index (κ2) is 7.71. The van der Waals surface area contributed by atoms with Crippen LogP contribution in [0.3, 0.4) is 0 Å². The number of hydrogen-bond donors (Lipinski definition) is 2. The van der Waals surface area contributed by atoms with Crippen LogP contribution in [0.2, 0.25) is 0 Å². The number of ether oxygens (including phenoxy) is 1. The first-order valence-electron chi connectivity index (χ1n) is 10.3. The first kappa shape index (κ1) is 19.6. The third-order valence-corrected chi connectivity index (χ3v) is 6.88. The van der Waals surface area contributed by atoms with Crippen LogP contribution in [0.1, 0.15) is 32.9 Å². The molecule has 1 aliphatic carbocycles. The normalized spacial score (nSPS) is 12.7. The lowest BCUT2D eigenvalue weighted by Crippen LogP contribution is -2.12. The number of aryl methyl sites for hydroxylation is 2. The molecular weight excluding hydrogens is 406 g/mol. The number of carbonyl (C=O) groups excluding carboxylic acids is 1. The Balaban J connectivity index is 1.63. The predicted octanol–water partition coefficient (Wildman–Crippen LogP) is 5.60. The van der Waals surface area contributed by atoms with Gasteiger partial charge in [-0.1, -0.05) is 35.9 Å². The van der Waals surface area contributed by atoms with Gasteiger partial charge in [-0.15, -0.1) is 11.3 Å². The number of nitrogen functional groups attached to an aromatic ring is 1. The van der Waals surface area contributed by atoms with Crippen LogP contribution in [0.15, 0.2) is 48.5 Å². The molecule has 1 amide bonds. The molecule has 0 aliphatic heterocycles. The topological polar surface area (TPSA) is 77.2 Å². The molecule has 0 bridgehead atoms. The van der Waals surface area contributed by atoms with Gasteiger partial charge in [0.05, 0.1) is 12.8 Å². The summed E-state index contributed by atoms with van der Waals surface area (Å²) < 4.78 is 5.25. The molecule has 0 saturated heterocycles. The molecule has 2 aromatic carbocycles. The fourth-order valence-corrected chi connectivity index (χ4v) is 5.26. The maximum absolute atomic E-state index is 13.1. The van der Waals surface area contributed by atoms with E-state index >= 15 is 0 Å². The van der Waals surface area contributed by atoms with E-state index in [-0.39, 0.29) is 5.91 Å². The van der Waals surface area contributed by atoms with E-state index in [0.717, 1.165) is 46.3 Å². The maximum Gasteiger partial charge on any atom is 0.267 e. The number of rotatable bonds is 4.